The van der Waals surface area contributed by atoms with Gasteiger partial charge in [0.2, 0.25) is 0 Å². The van der Waals surface area contributed by atoms with Crippen molar-refractivity contribution in [2.45, 2.75) is 90.5 Å². The first-order valence-electron chi connectivity index (χ1n) is 10.8. The highest BCUT2D eigenvalue weighted by molar-refractivity contribution is 5.93. The van der Waals surface area contributed by atoms with E-state index in [9.17, 15) is 10.1 Å². The molecule has 0 aliphatic carbocycles. The second-order valence-electron chi connectivity index (χ2n) is 8.18. The second-order valence-corrected chi connectivity index (χ2v) is 8.18. The lowest BCUT2D eigenvalue weighted by atomic mass is 10.1. The van der Waals surface area contributed by atoms with E-state index in [-0.39, 0.29) is 11.1 Å². The summed E-state index contributed by atoms with van der Waals surface area (Å²) in [4.78, 5) is 14.0. The second kappa shape index (κ2) is 13.3. The fraction of sp³-hybridized carbons (Fsp3) is 0.739. The molecule has 1 rings (SSSR count). The van der Waals surface area contributed by atoms with E-state index in [1.807, 2.05) is 18.0 Å². The van der Waals surface area contributed by atoms with Gasteiger partial charge in [-0.25, -0.2) is 4.79 Å². The molecule has 5 heteroatoms. The molecule has 0 aromatic heterocycles. The van der Waals surface area contributed by atoms with E-state index >= 15 is 0 Å². The van der Waals surface area contributed by atoms with Crippen molar-refractivity contribution < 1.29 is 14.3 Å². The molecule has 0 spiro atoms. The first-order chi connectivity index (χ1) is 13.4. The van der Waals surface area contributed by atoms with Crippen molar-refractivity contribution >= 4 is 5.97 Å². The molecule has 1 heterocycles. The average Bonchev–Trinajstić information content (AvgIpc) is 2.93. The van der Waals surface area contributed by atoms with Crippen LogP contribution in [0.25, 0.3) is 0 Å². The van der Waals surface area contributed by atoms with E-state index in [1.54, 1.807) is 6.08 Å². The van der Waals surface area contributed by atoms with Gasteiger partial charge in [0.25, 0.3) is 0 Å². The average molecular weight is 391 g/mol. The van der Waals surface area contributed by atoms with Crippen LogP contribution in [0.3, 0.4) is 0 Å². The molecular weight excluding hydrogens is 352 g/mol. The number of nitriles is 1. The summed E-state index contributed by atoms with van der Waals surface area (Å²) in [6.07, 6.45) is 15.5. The Balaban J connectivity index is 2.21. The predicted molar refractivity (Wildman–Crippen MR) is 112 cm³/mol. The van der Waals surface area contributed by atoms with Crippen LogP contribution >= 0.6 is 0 Å². The number of hydrogen-bond acceptors (Lipinski definition) is 5. The highest BCUT2D eigenvalue weighted by Gasteiger charge is 2.33. The third-order valence-electron chi connectivity index (χ3n) is 5.28. The lowest BCUT2D eigenvalue weighted by molar-refractivity contribution is -0.138. The molecule has 158 valence electrons. The molecule has 5 nitrogen and oxygen atoms in total. The number of ether oxygens (including phenoxy) is 2. The largest absolute Gasteiger partial charge is 0.477 e. The Morgan fingerprint density at radius 2 is 1.71 bits per heavy atom. The zero-order valence-electron chi connectivity index (χ0n) is 18.3. The molecule has 0 atom stereocenters. The van der Waals surface area contributed by atoms with Gasteiger partial charge in [0, 0.05) is 7.05 Å². The van der Waals surface area contributed by atoms with E-state index in [2.05, 4.69) is 20.8 Å². The molecule has 0 aromatic rings. The van der Waals surface area contributed by atoms with Crippen molar-refractivity contribution in [2.24, 2.45) is 0 Å². The fourth-order valence-electron chi connectivity index (χ4n) is 3.04. The van der Waals surface area contributed by atoms with Gasteiger partial charge in [0.15, 0.2) is 5.88 Å². The van der Waals surface area contributed by atoms with Gasteiger partial charge >= 0.3 is 5.97 Å². The van der Waals surface area contributed by atoms with E-state index in [1.165, 1.54) is 57.4 Å². The summed E-state index contributed by atoms with van der Waals surface area (Å²) in [7, 11) is 1.93. The minimum atomic E-state index is -0.560. The number of nitrogens with zero attached hydrogens (tertiary/aromatic N) is 2. The number of hydrogen-bond donors (Lipinski definition) is 0. The van der Waals surface area contributed by atoms with Crippen LogP contribution in [0.5, 0.6) is 0 Å². The van der Waals surface area contributed by atoms with Gasteiger partial charge in [-0.1, -0.05) is 64.7 Å². The maximum absolute atomic E-state index is 12.1. The number of allylic oxidation sites excluding steroid dienone is 2. The van der Waals surface area contributed by atoms with E-state index in [0.29, 0.717) is 19.1 Å². The van der Waals surface area contributed by atoms with Gasteiger partial charge in [-0.15, -0.1) is 0 Å². The van der Waals surface area contributed by atoms with Crippen LogP contribution in [0.15, 0.2) is 23.6 Å². The van der Waals surface area contributed by atoms with Crippen LogP contribution in [0.4, 0.5) is 0 Å². The van der Waals surface area contributed by atoms with Crippen molar-refractivity contribution in [2.75, 3.05) is 20.3 Å². The molecule has 1 fully saturated rings. The quantitative estimate of drug-likeness (QED) is 0.180. The molecular formula is C23H38N2O3. The van der Waals surface area contributed by atoms with Gasteiger partial charge in [-0.05, 0) is 32.4 Å². The maximum Gasteiger partial charge on any atom is 0.348 e. The Labute approximate surface area is 171 Å². The molecule has 1 aliphatic rings. The minimum Gasteiger partial charge on any atom is -0.477 e. The molecule has 0 radical (unpaired) electrons. The highest BCUT2D eigenvalue weighted by Crippen LogP contribution is 2.27. The molecule has 1 aliphatic heterocycles. The molecule has 28 heavy (non-hydrogen) atoms. The number of carbonyl (C=O) groups is 1. The first-order valence-corrected chi connectivity index (χ1v) is 10.8. The summed E-state index contributed by atoms with van der Waals surface area (Å²) in [5.74, 6) is 0.0930. The molecule has 0 saturated carbocycles. The van der Waals surface area contributed by atoms with E-state index in [4.69, 9.17) is 9.47 Å². The SMILES string of the molecule is CCCCCCCCCCCCOC(=O)C(C#N)=CC=C1OCC(C)(C)N1C. The van der Waals surface area contributed by atoms with Gasteiger partial charge in [0.1, 0.15) is 18.2 Å². The Bertz CT molecular complexity index is 573. The summed E-state index contributed by atoms with van der Waals surface area (Å²) in [5, 5.41) is 9.21. The molecule has 0 amide bonds. The zero-order valence-corrected chi connectivity index (χ0v) is 18.3. The summed E-state index contributed by atoms with van der Waals surface area (Å²) >= 11 is 0. The van der Waals surface area contributed by atoms with Crippen LogP contribution in [0.2, 0.25) is 0 Å². The predicted octanol–water partition coefficient (Wildman–Crippen LogP) is 5.48. The van der Waals surface area contributed by atoms with Gasteiger partial charge in [-0.3, -0.25) is 0 Å². The summed E-state index contributed by atoms with van der Waals surface area (Å²) in [6, 6.07) is 1.92. The molecule has 0 bridgehead atoms. The third kappa shape index (κ3) is 8.82. The zero-order chi connectivity index (χ0) is 20.8. The molecule has 1 saturated heterocycles. The van der Waals surface area contributed by atoms with Crippen molar-refractivity contribution in [3.05, 3.63) is 23.6 Å². The van der Waals surface area contributed by atoms with Crippen molar-refractivity contribution in [1.82, 2.24) is 4.90 Å². The van der Waals surface area contributed by atoms with Crippen LogP contribution in [0, 0.1) is 11.3 Å². The van der Waals surface area contributed by atoms with Crippen LogP contribution in [-0.4, -0.2) is 36.7 Å². The van der Waals surface area contributed by atoms with E-state index in [0.717, 1.165) is 12.8 Å². The monoisotopic (exact) mass is 390 g/mol. The topological polar surface area (TPSA) is 62.6 Å². The Morgan fingerprint density at radius 3 is 2.21 bits per heavy atom. The number of likely N-dealkylation sites (N-methyl/N-ethyl adjacent to an activating group) is 1. The van der Waals surface area contributed by atoms with Crippen LogP contribution < -0.4 is 0 Å². The minimum absolute atomic E-state index is 0.00119. The molecule has 0 N–H and O–H groups in total. The summed E-state index contributed by atoms with van der Waals surface area (Å²) < 4.78 is 10.8. The normalized spacial score (nSPS) is 17.5. The van der Waals surface area contributed by atoms with Crippen molar-refractivity contribution in [1.29, 1.82) is 5.26 Å². The molecule has 0 unspecified atom stereocenters. The number of rotatable bonds is 13. The van der Waals surface area contributed by atoms with Gasteiger partial charge in [-0.2, -0.15) is 5.26 Å². The maximum atomic E-state index is 12.1. The first kappa shape index (κ1) is 24.1. The smallest absolute Gasteiger partial charge is 0.348 e. The van der Waals surface area contributed by atoms with E-state index < -0.39 is 5.97 Å². The fourth-order valence-corrected chi connectivity index (χ4v) is 3.04. The molecule has 0 aromatic carbocycles. The Hall–Kier alpha value is -1.96. The Morgan fingerprint density at radius 1 is 1.14 bits per heavy atom. The highest BCUT2D eigenvalue weighted by atomic mass is 16.5. The standard InChI is InChI=1S/C23H38N2O3/c1-5-6-7-8-9-10-11-12-13-14-17-27-22(26)20(18-24)15-16-21-25(4)23(2,3)19-28-21/h15-16H,5-14,17,19H2,1-4H3. The van der Waals surface area contributed by atoms with Crippen LogP contribution in [0.1, 0.15) is 85.0 Å². The lowest BCUT2D eigenvalue weighted by Crippen LogP contribution is -2.36. The van der Waals surface area contributed by atoms with Crippen molar-refractivity contribution in [3.63, 3.8) is 0 Å². The summed E-state index contributed by atoms with van der Waals surface area (Å²) in [6.45, 7) is 7.33. The summed E-state index contributed by atoms with van der Waals surface area (Å²) in [5.41, 5.74) is -0.0936. The number of carbonyl (C=O) groups excluding carboxylic acids is 1. The lowest BCUT2D eigenvalue weighted by Gasteiger charge is -2.25. The third-order valence-corrected chi connectivity index (χ3v) is 5.28. The van der Waals surface area contributed by atoms with Gasteiger partial charge in [0.05, 0.1) is 12.1 Å². The Kier molecular flexibility index (Phi) is 11.4. The van der Waals surface area contributed by atoms with Gasteiger partial charge < -0.3 is 14.4 Å². The number of esters is 1. The van der Waals surface area contributed by atoms with Crippen LogP contribution in [-0.2, 0) is 14.3 Å². The van der Waals surface area contributed by atoms with Crippen molar-refractivity contribution in [3.8, 4) is 6.07 Å². The number of unbranched alkanes of at least 4 members (excludes halogenated alkanes) is 9.